The molecule has 1 N–H and O–H groups in total. The Bertz CT molecular complexity index is 375. The van der Waals surface area contributed by atoms with Crippen LogP contribution >= 0.6 is 0 Å². The van der Waals surface area contributed by atoms with E-state index in [1.165, 1.54) is 18.4 Å². The van der Waals surface area contributed by atoms with E-state index in [-0.39, 0.29) is 6.10 Å². The number of hydrogen-bond acceptors (Lipinski definition) is 3. The standard InChI is InChI=1S/C16H25NO2/c1-3-14-7-4-5-9-16(14)19-13(2)11-17-12-15-8-6-10-18-15/h4-5,7,9,13,15,17H,3,6,8,10-12H2,1-2H3. The van der Waals surface area contributed by atoms with E-state index in [0.717, 1.165) is 31.9 Å². The smallest absolute Gasteiger partial charge is 0.122 e. The van der Waals surface area contributed by atoms with Crippen LogP contribution in [0.15, 0.2) is 24.3 Å². The highest BCUT2D eigenvalue weighted by Gasteiger charge is 2.15. The molecule has 106 valence electrons. The van der Waals surface area contributed by atoms with Crippen molar-refractivity contribution in [1.29, 1.82) is 0 Å². The maximum Gasteiger partial charge on any atom is 0.122 e. The summed E-state index contributed by atoms with van der Waals surface area (Å²) in [6.45, 7) is 6.97. The van der Waals surface area contributed by atoms with Crippen molar-refractivity contribution in [2.75, 3.05) is 19.7 Å². The maximum atomic E-state index is 6.00. The molecular weight excluding hydrogens is 238 g/mol. The fourth-order valence-electron chi connectivity index (χ4n) is 2.42. The SMILES string of the molecule is CCc1ccccc1OC(C)CNCC1CCCO1. The van der Waals surface area contributed by atoms with Gasteiger partial charge >= 0.3 is 0 Å². The summed E-state index contributed by atoms with van der Waals surface area (Å²) in [7, 11) is 0. The predicted octanol–water partition coefficient (Wildman–Crippen LogP) is 2.78. The van der Waals surface area contributed by atoms with Gasteiger partial charge in [-0.2, -0.15) is 0 Å². The third kappa shape index (κ3) is 4.51. The van der Waals surface area contributed by atoms with E-state index in [4.69, 9.17) is 9.47 Å². The van der Waals surface area contributed by atoms with Crippen LogP contribution in [-0.2, 0) is 11.2 Å². The fraction of sp³-hybridized carbons (Fsp3) is 0.625. The summed E-state index contributed by atoms with van der Waals surface area (Å²) >= 11 is 0. The van der Waals surface area contributed by atoms with Gasteiger partial charge in [0.05, 0.1) is 6.10 Å². The second-order valence-corrected chi connectivity index (χ2v) is 5.18. The van der Waals surface area contributed by atoms with Gasteiger partial charge in [-0.1, -0.05) is 25.1 Å². The van der Waals surface area contributed by atoms with Crippen LogP contribution in [0.1, 0.15) is 32.3 Å². The molecule has 1 aromatic rings. The monoisotopic (exact) mass is 263 g/mol. The summed E-state index contributed by atoms with van der Waals surface area (Å²) < 4.78 is 11.6. The number of benzene rings is 1. The van der Waals surface area contributed by atoms with Gasteiger partial charge in [-0.25, -0.2) is 0 Å². The molecule has 0 aromatic heterocycles. The summed E-state index contributed by atoms with van der Waals surface area (Å²) in [6, 6.07) is 8.27. The summed E-state index contributed by atoms with van der Waals surface area (Å²) in [4.78, 5) is 0. The van der Waals surface area contributed by atoms with Crippen LogP contribution in [0.5, 0.6) is 5.75 Å². The molecule has 1 aliphatic rings. The topological polar surface area (TPSA) is 30.5 Å². The summed E-state index contributed by atoms with van der Waals surface area (Å²) in [5.41, 5.74) is 1.27. The number of para-hydroxylation sites is 1. The molecule has 0 spiro atoms. The summed E-state index contributed by atoms with van der Waals surface area (Å²) in [5, 5.41) is 3.43. The first-order valence-corrected chi connectivity index (χ1v) is 7.36. The van der Waals surface area contributed by atoms with Crippen LogP contribution in [0.2, 0.25) is 0 Å². The lowest BCUT2D eigenvalue weighted by molar-refractivity contribution is 0.106. The quantitative estimate of drug-likeness (QED) is 0.820. The molecule has 1 aromatic carbocycles. The van der Waals surface area contributed by atoms with Gasteiger partial charge in [0, 0.05) is 19.7 Å². The van der Waals surface area contributed by atoms with Crippen molar-refractivity contribution in [3.8, 4) is 5.75 Å². The third-order valence-electron chi connectivity index (χ3n) is 3.51. The fourth-order valence-corrected chi connectivity index (χ4v) is 2.42. The molecule has 1 aliphatic heterocycles. The molecule has 0 aliphatic carbocycles. The Labute approximate surface area is 116 Å². The Kier molecular flexibility index (Phi) is 5.67. The van der Waals surface area contributed by atoms with Gasteiger partial charge in [0.1, 0.15) is 11.9 Å². The molecule has 2 rings (SSSR count). The van der Waals surface area contributed by atoms with Crippen molar-refractivity contribution < 1.29 is 9.47 Å². The number of hydrogen-bond donors (Lipinski definition) is 1. The minimum atomic E-state index is 0.175. The number of nitrogens with one attached hydrogen (secondary N) is 1. The van der Waals surface area contributed by atoms with Crippen LogP contribution in [0.25, 0.3) is 0 Å². The molecule has 0 radical (unpaired) electrons. The van der Waals surface area contributed by atoms with Gasteiger partial charge in [0.15, 0.2) is 0 Å². The van der Waals surface area contributed by atoms with Gasteiger partial charge in [0.25, 0.3) is 0 Å². The normalized spacial score (nSPS) is 20.4. The van der Waals surface area contributed by atoms with Gasteiger partial charge in [-0.05, 0) is 37.8 Å². The molecular formula is C16H25NO2. The highest BCUT2D eigenvalue weighted by Crippen LogP contribution is 2.19. The van der Waals surface area contributed by atoms with E-state index < -0.39 is 0 Å². The second kappa shape index (κ2) is 7.51. The Hall–Kier alpha value is -1.06. The predicted molar refractivity (Wildman–Crippen MR) is 77.8 cm³/mol. The van der Waals surface area contributed by atoms with Gasteiger partial charge < -0.3 is 14.8 Å². The van der Waals surface area contributed by atoms with Gasteiger partial charge in [-0.15, -0.1) is 0 Å². The molecule has 1 fully saturated rings. The molecule has 0 saturated carbocycles. The first kappa shape index (κ1) is 14.4. The average molecular weight is 263 g/mol. The van der Waals surface area contributed by atoms with Crippen molar-refractivity contribution in [1.82, 2.24) is 5.32 Å². The van der Waals surface area contributed by atoms with Gasteiger partial charge in [0.2, 0.25) is 0 Å². The highest BCUT2D eigenvalue weighted by molar-refractivity contribution is 5.33. The van der Waals surface area contributed by atoms with Crippen LogP contribution in [0, 0.1) is 0 Å². The van der Waals surface area contributed by atoms with Crippen LogP contribution < -0.4 is 10.1 Å². The Morgan fingerprint density at radius 3 is 3.00 bits per heavy atom. The first-order valence-electron chi connectivity index (χ1n) is 7.36. The lowest BCUT2D eigenvalue weighted by Gasteiger charge is -2.18. The minimum Gasteiger partial charge on any atom is -0.489 e. The van der Waals surface area contributed by atoms with E-state index in [0.29, 0.717) is 6.10 Å². The molecule has 2 unspecified atom stereocenters. The maximum absolute atomic E-state index is 6.00. The van der Waals surface area contributed by atoms with E-state index in [2.05, 4.69) is 37.4 Å². The van der Waals surface area contributed by atoms with Crippen LogP contribution in [-0.4, -0.2) is 31.9 Å². The molecule has 2 atom stereocenters. The van der Waals surface area contributed by atoms with Crippen molar-refractivity contribution in [2.24, 2.45) is 0 Å². The minimum absolute atomic E-state index is 0.175. The third-order valence-corrected chi connectivity index (χ3v) is 3.51. The zero-order valence-electron chi connectivity index (χ0n) is 12.0. The van der Waals surface area contributed by atoms with Crippen molar-refractivity contribution in [3.63, 3.8) is 0 Å². The zero-order chi connectivity index (χ0) is 13.5. The van der Waals surface area contributed by atoms with E-state index in [1.807, 2.05) is 6.07 Å². The van der Waals surface area contributed by atoms with E-state index in [1.54, 1.807) is 0 Å². The Morgan fingerprint density at radius 1 is 1.42 bits per heavy atom. The average Bonchev–Trinajstić information content (AvgIpc) is 2.92. The molecule has 3 heteroatoms. The molecule has 0 amide bonds. The summed E-state index contributed by atoms with van der Waals surface area (Å²) in [6.07, 6.45) is 3.96. The number of ether oxygens (including phenoxy) is 2. The lowest BCUT2D eigenvalue weighted by Crippen LogP contribution is -2.34. The Morgan fingerprint density at radius 2 is 2.26 bits per heavy atom. The summed E-state index contributed by atoms with van der Waals surface area (Å²) in [5.74, 6) is 1.01. The number of rotatable bonds is 7. The van der Waals surface area contributed by atoms with E-state index in [9.17, 15) is 0 Å². The largest absolute Gasteiger partial charge is 0.489 e. The van der Waals surface area contributed by atoms with Crippen molar-refractivity contribution in [3.05, 3.63) is 29.8 Å². The Balaban J connectivity index is 1.72. The van der Waals surface area contributed by atoms with Gasteiger partial charge in [-0.3, -0.25) is 0 Å². The molecule has 0 bridgehead atoms. The molecule has 1 heterocycles. The van der Waals surface area contributed by atoms with Crippen LogP contribution in [0.4, 0.5) is 0 Å². The van der Waals surface area contributed by atoms with Crippen LogP contribution in [0.3, 0.4) is 0 Å². The lowest BCUT2D eigenvalue weighted by atomic mass is 10.1. The molecule has 3 nitrogen and oxygen atoms in total. The highest BCUT2D eigenvalue weighted by atomic mass is 16.5. The van der Waals surface area contributed by atoms with E-state index >= 15 is 0 Å². The first-order chi connectivity index (χ1) is 9.29. The zero-order valence-corrected chi connectivity index (χ0v) is 12.0. The van der Waals surface area contributed by atoms with Crippen molar-refractivity contribution in [2.45, 2.75) is 45.3 Å². The van der Waals surface area contributed by atoms with Crippen molar-refractivity contribution >= 4 is 0 Å². The molecule has 19 heavy (non-hydrogen) atoms. The molecule has 1 saturated heterocycles. The second-order valence-electron chi connectivity index (χ2n) is 5.18. The number of aryl methyl sites for hydroxylation is 1.